The van der Waals surface area contributed by atoms with Gasteiger partial charge in [0.15, 0.2) is 10.9 Å². The number of piperazine rings is 1. The van der Waals surface area contributed by atoms with E-state index in [4.69, 9.17) is 22.3 Å². The normalized spacial score (nSPS) is 19.0. The second-order valence-electron chi connectivity index (χ2n) is 9.41. The molecule has 0 saturated carbocycles. The molecule has 2 aromatic carbocycles. The molecule has 2 aromatic heterocycles. The SMILES string of the molecule is CN1CCC[C@H]1CNc1nc(N2CCNCC2)c2cc(Cl)c(-c3cccc4sc(N)nc34)c(F)c2n1. The fourth-order valence-corrected chi connectivity index (χ4v) is 6.29. The van der Waals surface area contributed by atoms with E-state index in [0.29, 0.717) is 51.0 Å². The summed E-state index contributed by atoms with van der Waals surface area (Å²) in [5.74, 6) is 0.656. The van der Waals surface area contributed by atoms with Gasteiger partial charge in [0.1, 0.15) is 11.3 Å². The first kappa shape index (κ1) is 23.6. The summed E-state index contributed by atoms with van der Waals surface area (Å²) in [6, 6.07) is 7.81. The van der Waals surface area contributed by atoms with Gasteiger partial charge in [0, 0.05) is 55.3 Å². The molecular weight excluding hydrogens is 499 g/mol. The number of para-hydroxylation sites is 1. The summed E-state index contributed by atoms with van der Waals surface area (Å²) in [6.07, 6.45) is 2.30. The van der Waals surface area contributed by atoms with E-state index in [-0.39, 0.29) is 11.1 Å². The smallest absolute Gasteiger partial charge is 0.225 e. The number of benzene rings is 2. The lowest BCUT2D eigenvalue weighted by Gasteiger charge is -2.30. The van der Waals surface area contributed by atoms with Gasteiger partial charge < -0.3 is 26.2 Å². The molecule has 2 aliphatic rings. The molecule has 1 atom stereocenters. The Labute approximate surface area is 217 Å². The average molecular weight is 527 g/mol. The van der Waals surface area contributed by atoms with Crippen LogP contribution in [0.15, 0.2) is 24.3 Å². The number of likely N-dealkylation sites (N-methyl/N-ethyl adjacent to an activating group) is 1. The minimum absolute atomic E-state index is 0.250. The molecule has 0 unspecified atom stereocenters. The molecule has 2 saturated heterocycles. The minimum Gasteiger partial charge on any atom is -0.375 e. The van der Waals surface area contributed by atoms with E-state index in [2.05, 4.69) is 37.4 Å². The van der Waals surface area contributed by atoms with Crippen molar-refractivity contribution in [1.82, 2.24) is 25.2 Å². The van der Waals surface area contributed by atoms with Crippen LogP contribution in [0.2, 0.25) is 5.02 Å². The lowest BCUT2D eigenvalue weighted by molar-refractivity contribution is 0.322. The fourth-order valence-electron chi connectivity index (χ4n) is 5.24. The number of nitrogen functional groups attached to an aromatic ring is 1. The highest BCUT2D eigenvalue weighted by atomic mass is 35.5. The first-order valence-corrected chi connectivity index (χ1v) is 13.4. The van der Waals surface area contributed by atoms with Crippen molar-refractivity contribution < 1.29 is 4.39 Å². The Morgan fingerprint density at radius 2 is 2.03 bits per heavy atom. The molecule has 4 N–H and O–H groups in total. The molecule has 6 rings (SSSR count). The Morgan fingerprint density at radius 1 is 1.19 bits per heavy atom. The van der Waals surface area contributed by atoms with Crippen LogP contribution >= 0.6 is 22.9 Å². The van der Waals surface area contributed by atoms with Gasteiger partial charge >= 0.3 is 0 Å². The van der Waals surface area contributed by atoms with Gasteiger partial charge in [0.05, 0.1) is 15.2 Å². The number of thiazole rings is 1. The van der Waals surface area contributed by atoms with Gasteiger partial charge in [-0.3, -0.25) is 0 Å². The van der Waals surface area contributed by atoms with Gasteiger partial charge in [-0.25, -0.2) is 14.4 Å². The van der Waals surface area contributed by atoms with Gasteiger partial charge in [-0.2, -0.15) is 4.98 Å². The topological polar surface area (TPSA) is 95.2 Å². The summed E-state index contributed by atoms with van der Waals surface area (Å²) >= 11 is 8.13. The summed E-state index contributed by atoms with van der Waals surface area (Å²) in [5.41, 5.74) is 7.74. The maximum atomic E-state index is 16.4. The molecule has 36 heavy (non-hydrogen) atoms. The van der Waals surface area contributed by atoms with E-state index < -0.39 is 5.82 Å². The van der Waals surface area contributed by atoms with Crippen molar-refractivity contribution in [2.24, 2.45) is 0 Å². The Kier molecular flexibility index (Phi) is 6.28. The van der Waals surface area contributed by atoms with Crippen molar-refractivity contribution in [1.29, 1.82) is 0 Å². The highest BCUT2D eigenvalue weighted by Gasteiger charge is 2.25. The van der Waals surface area contributed by atoms with Crippen LogP contribution in [0, 0.1) is 5.82 Å². The lowest BCUT2D eigenvalue weighted by Crippen LogP contribution is -2.44. The number of anilines is 3. The van der Waals surface area contributed by atoms with Crippen molar-refractivity contribution in [3.8, 4) is 11.1 Å². The molecule has 0 radical (unpaired) electrons. The molecule has 0 aliphatic carbocycles. The van der Waals surface area contributed by atoms with Crippen molar-refractivity contribution in [3.63, 3.8) is 0 Å². The zero-order valence-electron chi connectivity index (χ0n) is 20.0. The molecule has 188 valence electrons. The third-order valence-corrected chi connectivity index (χ3v) is 8.30. The summed E-state index contributed by atoms with van der Waals surface area (Å²) in [4.78, 5) is 18.5. The number of nitrogens with two attached hydrogens (primary N) is 1. The number of nitrogens with one attached hydrogen (secondary N) is 2. The van der Waals surface area contributed by atoms with Gasteiger partial charge in [0.25, 0.3) is 0 Å². The fraction of sp³-hybridized carbons (Fsp3) is 0.400. The number of fused-ring (bicyclic) bond motifs is 2. The Balaban J connectivity index is 1.50. The van der Waals surface area contributed by atoms with Crippen LogP contribution in [0.4, 0.5) is 21.3 Å². The standard InChI is InChI=1S/C25H28ClFN8S/c1-34-9-3-4-14(34)13-30-25-32-22-16(23(33-25)35-10-7-29-8-11-35)12-17(26)19(20(22)27)15-5-2-6-18-21(15)31-24(28)36-18/h2,5-6,12,14,29H,3-4,7-11,13H2,1H3,(H2,28,31)(H,30,32,33)/t14-/m0/s1. The molecule has 0 amide bonds. The van der Waals surface area contributed by atoms with Crippen LogP contribution < -0.4 is 21.3 Å². The summed E-state index contributed by atoms with van der Waals surface area (Å²) in [6.45, 7) is 5.01. The van der Waals surface area contributed by atoms with E-state index >= 15 is 4.39 Å². The summed E-state index contributed by atoms with van der Waals surface area (Å²) in [5, 5.41) is 8.09. The Bertz CT molecular complexity index is 1440. The van der Waals surface area contributed by atoms with Crippen LogP contribution in [0.3, 0.4) is 0 Å². The molecule has 4 heterocycles. The molecule has 2 fully saturated rings. The van der Waals surface area contributed by atoms with Gasteiger partial charge in [-0.15, -0.1) is 0 Å². The Hall–Kier alpha value is -2.79. The van der Waals surface area contributed by atoms with E-state index in [1.54, 1.807) is 6.07 Å². The van der Waals surface area contributed by atoms with Crippen molar-refractivity contribution in [2.75, 3.05) is 62.3 Å². The number of hydrogen-bond donors (Lipinski definition) is 3. The molecule has 11 heteroatoms. The van der Waals surface area contributed by atoms with Crippen LogP contribution in [0.5, 0.6) is 0 Å². The number of rotatable bonds is 5. The van der Waals surface area contributed by atoms with Gasteiger partial charge in [-0.05, 0) is 38.6 Å². The number of aromatic nitrogens is 3. The second kappa shape index (κ2) is 9.59. The highest BCUT2D eigenvalue weighted by Crippen LogP contribution is 2.41. The molecule has 4 aromatic rings. The van der Waals surface area contributed by atoms with E-state index in [1.807, 2.05) is 18.2 Å². The van der Waals surface area contributed by atoms with Crippen LogP contribution in [0.1, 0.15) is 12.8 Å². The first-order chi connectivity index (χ1) is 17.5. The average Bonchev–Trinajstić information content (AvgIpc) is 3.47. The first-order valence-electron chi connectivity index (χ1n) is 12.2. The largest absolute Gasteiger partial charge is 0.375 e. The van der Waals surface area contributed by atoms with E-state index in [1.165, 1.54) is 17.8 Å². The number of hydrogen-bond acceptors (Lipinski definition) is 9. The van der Waals surface area contributed by atoms with Crippen LogP contribution in [-0.2, 0) is 0 Å². The number of nitrogens with zero attached hydrogens (tertiary/aromatic N) is 5. The minimum atomic E-state index is -0.476. The maximum absolute atomic E-state index is 16.4. The van der Waals surface area contributed by atoms with E-state index in [9.17, 15) is 0 Å². The van der Waals surface area contributed by atoms with Crippen molar-refractivity contribution in [3.05, 3.63) is 35.1 Å². The molecular formula is C25H28ClFN8S. The second-order valence-corrected chi connectivity index (χ2v) is 10.9. The van der Waals surface area contributed by atoms with Crippen molar-refractivity contribution in [2.45, 2.75) is 18.9 Å². The predicted octanol–water partition coefficient (Wildman–Crippen LogP) is 4.20. The van der Waals surface area contributed by atoms with Crippen molar-refractivity contribution >= 4 is 61.0 Å². The summed E-state index contributed by atoms with van der Waals surface area (Å²) < 4.78 is 17.3. The molecule has 8 nitrogen and oxygen atoms in total. The van der Waals surface area contributed by atoms with Gasteiger partial charge in [0.2, 0.25) is 5.95 Å². The van der Waals surface area contributed by atoms with Gasteiger partial charge in [-0.1, -0.05) is 35.1 Å². The highest BCUT2D eigenvalue weighted by molar-refractivity contribution is 7.22. The zero-order chi connectivity index (χ0) is 24.8. The summed E-state index contributed by atoms with van der Waals surface area (Å²) in [7, 11) is 2.13. The third-order valence-electron chi connectivity index (χ3n) is 7.15. The quantitative estimate of drug-likeness (QED) is 0.356. The maximum Gasteiger partial charge on any atom is 0.225 e. The monoisotopic (exact) mass is 526 g/mol. The lowest BCUT2D eigenvalue weighted by atomic mass is 10.0. The Morgan fingerprint density at radius 3 is 2.81 bits per heavy atom. The number of likely N-dealkylation sites (tertiary alicyclic amines) is 1. The zero-order valence-corrected chi connectivity index (χ0v) is 21.6. The molecule has 0 spiro atoms. The van der Waals surface area contributed by atoms with Crippen LogP contribution in [0.25, 0.3) is 32.2 Å². The molecule has 2 aliphatic heterocycles. The molecule has 0 bridgehead atoms. The predicted molar refractivity (Wildman–Crippen MR) is 147 cm³/mol. The third kappa shape index (κ3) is 4.21. The van der Waals surface area contributed by atoms with E-state index in [0.717, 1.165) is 43.8 Å². The number of halogens is 2. The van der Waals surface area contributed by atoms with Crippen LogP contribution in [-0.4, -0.2) is 72.2 Å².